The van der Waals surface area contributed by atoms with Gasteiger partial charge in [0.2, 0.25) is 5.95 Å². The Kier molecular flexibility index (Phi) is 11.5. The van der Waals surface area contributed by atoms with Crippen molar-refractivity contribution in [3.05, 3.63) is 130 Å². The number of nitriles is 2. The summed E-state index contributed by atoms with van der Waals surface area (Å²) in [5.41, 5.74) is 0.656. The van der Waals surface area contributed by atoms with Gasteiger partial charge in [-0.05, 0) is 75.1 Å². The van der Waals surface area contributed by atoms with Crippen LogP contribution in [0.3, 0.4) is 0 Å². The van der Waals surface area contributed by atoms with Gasteiger partial charge in [0.15, 0.2) is 0 Å². The Hall–Kier alpha value is -4.22. The molecule has 2 heterocycles. The van der Waals surface area contributed by atoms with Crippen molar-refractivity contribution in [2.75, 3.05) is 0 Å². The lowest BCUT2D eigenvalue weighted by molar-refractivity contribution is -0.141. The van der Waals surface area contributed by atoms with Crippen LogP contribution in [0.5, 0.6) is 0 Å². The highest BCUT2D eigenvalue weighted by Crippen LogP contribution is 2.29. The molecule has 0 bridgehead atoms. The van der Waals surface area contributed by atoms with Gasteiger partial charge in [-0.15, -0.1) is 0 Å². The van der Waals surface area contributed by atoms with Gasteiger partial charge in [-0.25, -0.2) is 13.8 Å². The molecule has 0 aliphatic heterocycles. The molecule has 0 N–H and O–H groups in total. The predicted octanol–water partition coefficient (Wildman–Crippen LogP) is 7.77. The number of pyridine rings is 2. The van der Waals surface area contributed by atoms with E-state index in [1.165, 1.54) is 54.7 Å². The number of benzene rings is 2. The van der Waals surface area contributed by atoms with Crippen LogP contribution in [0.4, 0.5) is 26.3 Å². The van der Waals surface area contributed by atoms with Crippen molar-refractivity contribution in [3.8, 4) is 12.1 Å². The molecule has 4 rings (SSSR count). The normalized spacial score (nSPS) is 11.0. The smallest absolute Gasteiger partial charge is 0.251 e. The van der Waals surface area contributed by atoms with Gasteiger partial charge < -0.3 is 0 Å². The second-order valence-corrected chi connectivity index (χ2v) is 8.26. The molecule has 38 heavy (non-hydrogen) atoms. The van der Waals surface area contributed by atoms with E-state index in [0.717, 1.165) is 22.3 Å². The van der Waals surface area contributed by atoms with E-state index in [4.69, 9.17) is 10.5 Å². The molecule has 4 aromatic rings. The first-order valence-electron chi connectivity index (χ1n) is 10.6. The molecule has 0 saturated heterocycles. The highest BCUT2D eigenvalue weighted by atomic mass is 79.9. The molecule has 194 valence electrons. The summed E-state index contributed by atoms with van der Waals surface area (Å²) in [5, 5.41) is 17.4. The summed E-state index contributed by atoms with van der Waals surface area (Å²) in [6.45, 7) is 0. The first-order valence-corrected chi connectivity index (χ1v) is 11.4. The minimum Gasteiger partial charge on any atom is -0.251 e. The van der Waals surface area contributed by atoms with Crippen LogP contribution < -0.4 is 0 Å². The Bertz CT molecular complexity index is 1340. The SMILES string of the molecule is Fc1ccc(Br)cn1.N#CC(c1ccc(F)cc1)c1ccc(C(F)(F)F)nc1.N#CCc1ccc(F)cc1. The van der Waals surface area contributed by atoms with Crippen LogP contribution in [0, 0.1) is 40.2 Å². The number of hydrogen-bond donors (Lipinski definition) is 0. The fourth-order valence-electron chi connectivity index (χ4n) is 2.79. The second-order valence-electron chi connectivity index (χ2n) is 7.35. The molecular weight excluding hydrogens is 574 g/mol. The number of alkyl halides is 3. The van der Waals surface area contributed by atoms with E-state index in [1.807, 2.05) is 12.1 Å². The van der Waals surface area contributed by atoms with Crippen molar-refractivity contribution in [3.63, 3.8) is 0 Å². The quantitative estimate of drug-likeness (QED) is 0.180. The number of nitrogens with zero attached hydrogens (tertiary/aromatic N) is 4. The highest BCUT2D eigenvalue weighted by molar-refractivity contribution is 9.10. The average molecular weight is 591 g/mol. The third-order valence-electron chi connectivity index (χ3n) is 4.63. The van der Waals surface area contributed by atoms with Crippen molar-refractivity contribution < 1.29 is 26.3 Å². The third-order valence-corrected chi connectivity index (χ3v) is 5.10. The van der Waals surface area contributed by atoms with Crippen LogP contribution in [-0.2, 0) is 12.6 Å². The van der Waals surface area contributed by atoms with E-state index in [9.17, 15) is 26.3 Å². The number of hydrogen-bond acceptors (Lipinski definition) is 4. The first kappa shape index (κ1) is 30.0. The summed E-state index contributed by atoms with van der Waals surface area (Å²) in [6.07, 6.45) is -1.74. The molecule has 1 unspecified atom stereocenters. The van der Waals surface area contributed by atoms with Crippen LogP contribution in [-0.4, -0.2) is 9.97 Å². The van der Waals surface area contributed by atoms with E-state index in [1.54, 1.807) is 18.2 Å². The Morgan fingerprint density at radius 1 is 0.737 bits per heavy atom. The van der Waals surface area contributed by atoms with Gasteiger partial charge in [-0.1, -0.05) is 30.3 Å². The third kappa shape index (κ3) is 10.0. The zero-order valence-electron chi connectivity index (χ0n) is 19.3. The Morgan fingerprint density at radius 2 is 1.32 bits per heavy atom. The Balaban J connectivity index is 0.000000233. The molecule has 0 fully saturated rings. The van der Waals surface area contributed by atoms with E-state index >= 15 is 0 Å². The van der Waals surface area contributed by atoms with Crippen molar-refractivity contribution in [1.29, 1.82) is 10.5 Å². The van der Waals surface area contributed by atoms with E-state index in [0.29, 0.717) is 17.5 Å². The molecule has 2 aromatic heterocycles. The van der Waals surface area contributed by atoms with E-state index in [-0.39, 0.29) is 5.82 Å². The molecule has 0 amide bonds. The van der Waals surface area contributed by atoms with Gasteiger partial charge in [-0.2, -0.15) is 28.1 Å². The zero-order chi connectivity index (χ0) is 28.1. The van der Waals surface area contributed by atoms with Gasteiger partial charge in [0.05, 0.1) is 24.5 Å². The van der Waals surface area contributed by atoms with Gasteiger partial charge in [0, 0.05) is 16.9 Å². The molecule has 11 heteroatoms. The van der Waals surface area contributed by atoms with Crippen LogP contribution in [0.2, 0.25) is 0 Å². The largest absolute Gasteiger partial charge is 0.433 e. The maximum absolute atomic E-state index is 12.8. The van der Waals surface area contributed by atoms with Gasteiger partial charge >= 0.3 is 6.18 Å². The fourth-order valence-corrected chi connectivity index (χ4v) is 3.03. The summed E-state index contributed by atoms with van der Waals surface area (Å²) in [5.74, 6) is -1.95. The van der Waals surface area contributed by atoms with Gasteiger partial charge in [-0.3, -0.25) is 4.98 Å². The second kappa shape index (κ2) is 14.5. The Labute approximate surface area is 223 Å². The molecule has 0 aliphatic rings. The molecule has 0 aliphatic carbocycles. The predicted molar refractivity (Wildman–Crippen MR) is 131 cm³/mol. The van der Waals surface area contributed by atoms with E-state index in [2.05, 4.69) is 25.9 Å². The fraction of sp³-hybridized carbons (Fsp3) is 0.111. The monoisotopic (exact) mass is 590 g/mol. The molecule has 0 spiro atoms. The first-order chi connectivity index (χ1) is 18.0. The lowest BCUT2D eigenvalue weighted by atomic mass is 9.94. The average Bonchev–Trinajstić information content (AvgIpc) is 2.89. The number of halogens is 7. The summed E-state index contributed by atoms with van der Waals surface area (Å²) in [4.78, 5) is 6.68. The summed E-state index contributed by atoms with van der Waals surface area (Å²) >= 11 is 3.12. The lowest BCUT2D eigenvalue weighted by Crippen LogP contribution is -2.08. The maximum atomic E-state index is 12.8. The zero-order valence-corrected chi connectivity index (χ0v) is 20.9. The minimum absolute atomic E-state index is 0.262. The van der Waals surface area contributed by atoms with Crippen molar-refractivity contribution in [2.45, 2.75) is 18.5 Å². The summed E-state index contributed by atoms with van der Waals surface area (Å²) in [6, 6.07) is 20.0. The van der Waals surface area contributed by atoms with Crippen molar-refractivity contribution >= 4 is 15.9 Å². The molecule has 1 atom stereocenters. The standard InChI is InChI=1S/C14H8F4N2.C8H6FN.C5H3BrFN/c15-11-4-1-9(2-5-11)12(7-19)10-3-6-13(20-8-10)14(16,17)18;9-8-3-1-7(2-4-8)5-6-10;6-4-1-2-5(7)8-3-4/h1-6,8,12H;1-4H,5H2;1-3H. The van der Waals surface area contributed by atoms with Crippen LogP contribution >= 0.6 is 15.9 Å². The molecule has 0 saturated carbocycles. The molecular formula is C27H17BrF6N4. The maximum Gasteiger partial charge on any atom is 0.433 e. The molecule has 4 nitrogen and oxygen atoms in total. The molecule has 0 radical (unpaired) electrons. The van der Waals surface area contributed by atoms with Crippen molar-refractivity contribution in [1.82, 2.24) is 9.97 Å². The number of aromatic nitrogens is 2. The minimum atomic E-state index is -4.52. The van der Waals surface area contributed by atoms with Crippen molar-refractivity contribution in [2.24, 2.45) is 0 Å². The number of rotatable bonds is 3. The topological polar surface area (TPSA) is 73.4 Å². The van der Waals surface area contributed by atoms with Crippen LogP contribution in [0.1, 0.15) is 28.3 Å². The lowest BCUT2D eigenvalue weighted by Gasteiger charge is -2.11. The highest BCUT2D eigenvalue weighted by Gasteiger charge is 2.32. The van der Waals surface area contributed by atoms with E-state index < -0.39 is 29.6 Å². The Morgan fingerprint density at radius 3 is 1.74 bits per heavy atom. The van der Waals surface area contributed by atoms with Gasteiger partial charge in [0.25, 0.3) is 0 Å². The van der Waals surface area contributed by atoms with Crippen LogP contribution in [0.15, 0.2) is 89.7 Å². The van der Waals surface area contributed by atoms with Crippen LogP contribution in [0.25, 0.3) is 0 Å². The molecule has 2 aromatic carbocycles. The van der Waals surface area contributed by atoms with Gasteiger partial charge in [0.1, 0.15) is 17.3 Å². The summed E-state index contributed by atoms with van der Waals surface area (Å²) < 4.78 is 75.0. The summed E-state index contributed by atoms with van der Waals surface area (Å²) in [7, 11) is 0.